The van der Waals surface area contributed by atoms with E-state index >= 15 is 0 Å². The second-order valence-electron chi connectivity index (χ2n) is 2.56. The Morgan fingerprint density at radius 3 is 2.64 bits per heavy atom. The van der Waals surface area contributed by atoms with Gasteiger partial charge in [0.25, 0.3) is 0 Å². The van der Waals surface area contributed by atoms with Crippen LogP contribution in [0.2, 0.25) is 0 Å². The van der Waals surface area contributed by atoms with Gasteiger partial charge in [-0.25, -0.2) is 13.2 Å². The predicted octanol–water partition coefficient (Wildman–Crippen LogP) is 3.03. The van der Waals surface area contributed by atoms with E-state index in [-0.39, 0.29) is 12.0 Å². The van der Waals surface area contributed by atoms with Crippen molar-refractivity contribution in [1.82, 2.24) is 0 Å². The van der Waals surface area contributed by atoms with E-state index in [1.807, 2.05) is 0 Å². The zero-order chi connectivity index (χ0) is 10.6. The topological polar surface area (TPSA) is 23.8 Å². The summed E-state index contributed by atoms with van der Waals surface area (Å²) in [6.07, 6.45) is 2.57. The molecule has 0 aliphatic carbocycles. The standard InChI is InChI=1S/C10H6F3N/c11-8-5-7(3-1-2-4-14)10(13)9(12)6-8/h1,3,5-6H,2H2. The Balaban J connectivity index is 3.03. The van der Waals surface area contributed by atoms with Crippen molar-refractivity contribution in [2.75, 3.05) is 0 Å². The van der Waals surface area contributed by atoms with Crippen LogP contribution in [-0.2, 0) is 0 Å². The largest absolute Gasteiger partial charge is 0.207 e. The number of nitrogens with zero attached hydrogens (tertiary/aromatic N) is 1. The smallest absolute Gasteiger partial charge is 0.166 e. The van der Waals surface area contributed by atoms with E-state index in [2.05, 4.69) is 0 Å². The second kappa shape index (κ2) is 4.47. The van der Waals surface area contributed by atoms with Crippen LogP contribution in [0.25, 0.3) is 6.08 Å². The Kier molecular flexibility index (Phi) is 3.29. The minimum atomic E-state index is -1.23. The molecule has 0 aliphatic rings. The lowest BCUT2D eigenvalue weighted by Gasteiger charge is -1.98. The molecule has 0 aromatic heterocycles. The molecule has 1 rings (SSSR count). The van der Waals surface area contributed by atoms with Crippen molar-refractivity contribution in [2.45, 2.75) is 6.42 Å². The van der Waals surface area contributed by atoms with E-state index in [0.717, 1.165) is 6.07 Å². The highest BCUT2D eigenvalue weighted by molar-refractivity contribution is 5.50. The maximum atomic E-state index is 12.9. The summed E-state index contributed by atoms with van der Waals surface area (Å²) >= 11 is 0. The molecule has 0 amide bonds. The van der Waals surface area contributed by atoms with Gasteiger partial charge in [-0.3, -0.25) is 0 Å². The summed E-state index contributed by atoms with van der Waals surface area (Å²) in [5.41, 5.74) is -0.197. The first-order valence-corrected chi connectivity index (χ1v) is 3.83. The van der Waals surface area contributed by atoms with Gasteiger partial charge in [-0.15, -0.1) is 0 Å². The van der Waals surface area contributed by atoms with Crippen molar-refractivity contribution in [3.05, 3.63) is 41.2 Å². The van der Waals surface area contributed by atoms with Gasteiger partial charge < -0.3 is 0 Å². The number of benzene rings is 1. The fraction of sp³-hybridized carbons (Fsp3) is 0.100. The summed E-state index contributed by atoms with van der Waals surface area (Å²) in [4.78, 5) is 0. The summed E-state index contributed by atoms with van der Waals surface area (Å²) < 4.78 is 38.2. The van der Waals surface area contributed by atoms with Crippen molar-refractivity contribution in [3.8, 4) is 6.07 Å². The maximum absolute atomic E-state index is 12.9. The average molecular weight is 197 g/mol. The van der Waals surface area contributed by atoms with Crippen LogP contribution in [0.4, 0.5) is 13.2 Å². The third-order valence-electron chi connectivity index (χ3n) is 1.53. The molecule has 0 heterocycles. The van der Waals surface area contributed by atoms with Gasteiger partial charge in [0.15, 0.2) is 11.6 Å². The molecule has 72 valence electrons. The molecular weight excluding hydrogens is 191 g/mol. The molecule has 1 nitrogen and oxygen atoms in total. The van der Waals surface area contributed by atoms with Crippen LogP contribution >= 0.6 is 0 Å². The number of hydrogen-bond acceptors (Lipinski definition) is 1. The van der Waals surface area contributed by atoms with Gasteiger partial charge in [0.2, 0.25) is 0 Å². The van der Waals surface area contributed by atoms with E-state index in [0.29, 0.717) is 6.07 Å². The van der Waals surface area contributed by atoms with E-state index < -0.39 is 17.5 Å². The van der Waals surface area contributed by atoms with Crippen molar-refractivity contribution in [1.29, 1.82) is 5.26 Å². The first kappa shape index (κ1) is 10.3. The van der Waals surface area contributed by atoms with E-state index in [4.69, 9.17) is 5.26 Å². The molecule has 0 fully saturated rings. The average Bonchev–Trinajstić information content (AvgIpc) is 2.13. The Hall–Kier alpha value is -1.76. The highest BCUT2D eigenvalue weighted by Gasteiger charge is 2.07. The molecule has 0 N–H and O–H groups in total. The molecule has 0 bridgehead atoms. The lowest BCUT2D eigenvalue weighted by molar-refractivity contribution is 0.493. The number of rotatable bonds is 2. The summed E-state index contributed by atoms with van der Waals surface area (Å²) in [6.45, 7) is 0. The molecule has 0 saturated carbocycles. The van der Waals surface area contributed by atoms with Crippen LogP contribution in [0.15, 0.2) is 18.2 Å². The Morgan fingerprint density at radius 1 is 1.29 bits per heavy atom. The molecule has 1 aromatic rings. The Labute approximate surface area is 79.1 Å². The van der Waals surface area contributed by atoms with Gasteiger partial charge in [0, 0.05) is 11.6 Å². The van der Waals surface area contributed by atoms with Crippen molar-refractivity contribution in [2.24, 2.45) is 0 Å². The molecule has 0 spiro atoms. The van der Waals surface area contributed by atoms with Crippen molar-refractivity contribution >= 4 is 6.08 Å². The SMILES string of the molecule is N#CCC=Cc1cc(F)cc(F)c1F. The van der Waals surface area contributed by atoms with Gasteiger partial charge in [-0.05, 0) is 6.07 Å². The predicted molar refractivity (Wildman–Crippen MR) is 45.6 cm³/mol. The first-order valence-electron chi connectivity index (χ1n) is 3.83. The van der Waals surface area contributed by atoms with E-state index in [1.54, 1.807) is 6.07 Å². The monoisotopic (exact) mass is 197 g/mol. The molecule has 0 aliphatic heterocycles. The minimum absolute atomic E-state index is 0.0670. The zero-order valence-corrected chi connectivity index (χ0v) is 7.10. The molecule has 14 heavy (non-hydrogen) atoms. The first-order chi connectivity index (χ1) is 6.65. The Morgan fingerprint density at radius 2 is 2.00 bits per heavy atom. The van der Waals surface area contributed by atoms with Gasteiger partial charge in [0.05, 0.1) is 12.5 Å². The fourth-order valence-electron chi connectivity index (χ4n) is 0.936. The van der Waals surface area contributed by atoms with Crippen LogP contribution < -0.4 is 0 Å². The number of hydrogen-bond donors (Lipinski definition) is 0. The summed E-state index contributed by atoms with van der Waals surface area (Å²) in [5, 5.41) is 8.18. The maximum Gasteiger partial charge on any atom is 0.166 e. The molecule has 0 unspecified atom stereocenters. The summed E-state index contributed by atoms with van der Waals surface area (Å²) in [5.74, 6) is -3.19. The van der Waals surface area contributed by atoms with Gasteiger partial charge >= 0.3 is 0 Å². The minimum Gasteiger partial charge on any atom is -0.207 e. The number of allylic oxidation sites excluding steroid dienone is 1. The summed E-state index contributed by atoms with van der Waals surface area (Å²) in [7, 11) is 0. The van der Waals surface area contributed by atoms with Crippen LogP contribution in [-0.4, -0.2) is 0 Å². The molecule has 0 radical (unpaired) electrons. The molecule has 0 saturated heterocycles. The highest BCUT2D eigenvalue weighted by Crippen LogP contribution is 2.15. The molecule has 0 atom stereocenters. The van der Waals surface area contributed by atoms with Crippen LogP contribution in [0.3, 0.4) is 0 Å². The van der Waals surface area contributed by atoms with Crippen LogP contribution in [0.5, 0.6) is 0 Å². The van der Waals surface area contributed by atoms with Crippen LogP contribution in [0, 0.1) is 28.8 Å². The van der Waals surface area contributed by atoms with Gasteiger partial charge in [-0.2, -0.15) is 5.26 Å². The lowest BCUT2D eigenvalue weighted by Crippen LogP contribution is -1.90. The summed E-state index contributed by atoms with van der Waals surface area (Å²) in [6, 6.07) is 3.13. The Bertz CT molecular complexity index is 405. The van der Waals surface area contributed by atoms with Crippen molar-refractivity contribution < 1.29 is 13.2 Å². The molecule has 4 heteroatoms. The van der Waals surface area contributed by atoms with Gasteiger partial charge in [0.1, 0.15) is 5.82 Å². The molecular formula is C10H6F3N. The zero-order valence-electron chi connectivity index (χ0n) is 7.10. The fourth-order valence-corrected chi connectivity index (χ4v) is 0.936. The van der Waals surface area contributed by atoms with E-state index in [1.165, 1.54) is 12.2 Å². The molecule has 1 aromatic carbocycles. The normalized spacial score (nSPS) is 10.4. The van der Waals surface area contributed by atoms with Crippen LogP contribution in [0.1, 0.15) is 12.0 Å². The quantitative estimate of drug-likeness (QED) is 0.668. The third kappa shape index (κ3) is 2.36. The second-order valence-corrected chi connectivity index (χ2v) is 2.56. The van der Waals surface area contributed by atoms with E-state index in [9.17, 15) is 13.2 Å². The lowest BCUT2D eigenvalue weighted by atomic mass is 10.1. The number of nitriles is 1. The van der Waals surface area contributed by atoms with Crippen molar-refractivity contribution in [3.63, 3.8) is 0 Å². The number of halogens is 3. The third-order valence-corrected chi connectivity index (χ3v) is 1.53. The highest BCUT2D eigenvalue weighted by atomic mass is 19.2. The van der Waals surface area contributed by atoms with Gasteiger partial charge in [-0.1, -0.05) is 12.2 Å².